The van der Waals surface area contributed by atoms with Crippen LogP contribution in [0, 0.1) is 0 Å². The van der Waals surface area contributed by atoms with Crippen molar-refractivity contribution in [3.05, 3.63) is 88.1 Å². The monoisotopic (exact) mass is 389 g/mol. The Bertz CT molecular complexity index is 1020. The molecule has 2 aromatic carbocycles. The van der Waals surface area contributed by atoms with E-state index < -0.39 is 0 Å². The minimum absolute atomic E-state index is 0.0328. The van der Waals surface area contributed by atoms with Crippen LogP contribution < -0.4 is 10.1 Å². The highest BCUT2D eigenvalue weighted by Crippen LogP contribution is 2.30. The van der Waals surface area contributed by atoms with Gasteiger partial charge in [0.2, 0.25) is 5.91 Å². The van der Waals surface area contributed by atoms with Crippen LogP contribution in [0.3, 0.4) is 0 Å². The number of rotatable bonds is 5. The van der Waals surface area contributed by atoms with Crippen LogP contribution in [0.15, 0.2) is 72.1 Å². The average molecular weight is 389 g/mol. The van der Waals surface area contributed by atoms with Crippen molar-refractivity contribution in [2.45, 2.75) is 19.3 Å². The number of aryl methyl sites for hydroxylation is 1. The highest BCUT2D eigenvalue weighted by Gasteiger charge is 2.18. The zero-order valence-corrected chi connectivity index (χ0v) is 16.0. The van der Waals surface area contributed by atoms with Crippen molar-refractivity contribution in [1.82, 2.24) is 0 Å². The van der Waals surface area contributed by atoms with Crippen molar-refractivity contribution in [3.63, 3.8) is 0 Å². The number of fused-ring (bicyclic) bond motifs is 1. The van der Waals surface area contributed by atoms with E-state index in [1.54, 1.807) is 17.4 Å². The summed E-state index contributed by atoms with van der Waals surface area (Å²) in [6.45, 7) is 0. The zero-order valence-electron chi connectivity index (χ0n) is 15.2. The van der Waals surface area contributed by atoms with Crippen LogP contribution in [-0.4, -0.2) is 11.7 Å². The molecule has 1 aliphatic carbocycles. The largest absolute Gasteiger partial charge is 0.457 e. The van der Waals surface area contributed by atoms with Crippen LogP contribution in [0.1, 0.15) is 22.4 Å². The second kappa shape index (κ2) is 8.23. The Hall–Kier alpha value is -3.18. The number of benzene rings is 2. The first-order valence-electron chi connectivity index (χ1n) is 9.10. The van der Waals surface area contributed by atoms with Gasteiger partial charge in [-0.05, 0) is 47.7 Å². The van der Waals surface area contributed by atoms with E-state index in [1.165, 1.54) is 0 Å². The summed E-state index contributed by atoms with van der Waals surface area (Å²) in [7, 11) is 0. The number of para-hydroxylation sites is 1. The van der Waals surface area contributed by atoms with Crippen LogP contribution in [0.4, 0.5) is 5.69 Å². The molecule has 0 unspecified atom stereocenters. The standard InChI is InChI=1S/C23H19NO3S/c25-18-11-9-16-8-10-17(24-23(26)15-20-7-4-12-28-20)13-21(16)22(14-18)27-19-5-2-1-3-6-19/h1-8,10,12-14H,9,11,15H2,(H,24,26). The third-order valence-corrected chi connectivity index (χ3v) is 5.35. The van der Waals surface area contributed by atoms with Crippen LogP contribution >= 0.6 is 11.3 Å². The highest BCUT2D eigenvalue weighted by molar-refractivity contribution is 7.10. The van der Waals surface area contributed by atoms with Gasteiger partial charge in [-0.2, -0.15) is 0 Å². The quantitative estimate of drug-likeness (QED) is 0.678. The molecule has 140 valence electrons. The first-order valence-corrected chi connectivity index (χ1v) is 9.98. The fraction of sp³-hybridized carbons (Fsp3) is 0.130. The van der Waals surface area contributed by atoms with E-state index >= 15 is 0 Å². The van der Waals surface area contributed by atoms with Crippen LogP contribution in [0.5, 0.6) is 5.75 Å². The van der Waals surface area contributed by atoms with Crippen molar-refractivity contribution in [2.24, 2.45) is 0 Å². The van der Waals surface area contributed by atoms with Gasteiger partial charge in [0.25, 0.3) is 0 Å². The van der Waals surface area contributed by atoms with Gasteiger partial charge in [-0.15, -0.1) is 11.3 Å². The van der Waals surface area contributed by atoms with Gasteiger partial charge in [-0.25, -0.2) is 0 Å². The summed E-state index contributed by atoms with van der Waals surface area (Å²) in [5.41, 5.74) is 2.56. The minimum Gasteiger partial charge on any atom is -0.457 e. The Morgan fingerprint density at radius 1 is 1.04 bits per heavy atom. The summed E-state index contributed by atoms with van der Waals surface area (Å²) >= 11 is 1.56. The molecule has 1 amide bonds. The lowest BCUT2D eigenvalue weighted by Crippen LogP contribution is -2.14. The molecule has 0 spiro atoms. The molecule has 0 bridgehead atoms. The van der Waals surface area contributed by atoms with Crippen molar-refractivity contribution >= 4 is 34.5 Å². The molecule has 4 nitrogen and oxygen atoms in total. The lowest BCUT2D eigenvalue weighted by Gasteiger charge is -2.14. The number of ketones is 1. The van der Waals surface area contributed by atoms with Gasteiger partial charge in [0.15, 0.2) is 5.78 Å². The van der Waals surface area contributed by atoms with E-state index in [4.69, 9.17) is 4.74 Å². The number of carbonyl (C=O) groups is 2. The van der Waals surface area contributed by atoms with Gasteiger partial charge < -0.3 is 10.1 Å². The van der Waals surface area contributed by atoms with Crippen molar-refractivity contribution < 1.29 is 14.3 Å². The summed E-state index contributed by atoms with van der Waals surface area (Å²) in [5.74, 6) is 1.15. The molecule has 0 atom stereocenters. The lowest BCUT2D eigenvalue weighted by molar-refractivity contribution is -0.116. The van der Waals surface area contributed by atoms with Gasteiger partial charge in [-0.1, -0.05) is 30.3 Å². The number of nitrogens with one attached hydrogen (secondary N) is 1. The summed E-state index contributed by atoms with van der Waals surface area (Å²) in [4.78, 5) is 25.5. The second-order valence-electron chi connectivity index (χ2n) is 6.57. The number of carbonyl (C=O) groups excluding carboxylic acids is 2. The Balaban J connectivity index is 1.59. The predicted molar refractivity (Wildman–Crippen MR) is 111 cm³/mol. The molecule has 1 N–H and O–H groups in total. The maximum atomic E-state index is 12.3. The summed E-state index contributed by atoms with van der Waals surface area (Å²) in [6, 6.07) is 19.0. The number of allylic oxidation sites excluding steroid dienone is 1. The normalized spacial score (nSPS) is 13.3. The van der Waals surface area contributed by atoms with Crippen LogP contribution in [0.25, 0.3) is 5.76 Å². The average Bonchev–Trinajstić information content (AvgIpc) is 3.14. The molecule has 0 aliphatic heterocycles. The fourth-order valence-electron chi connectivity index (χ4n) is 3.13. The number of hydrogen-bond donors (Lipinski definition) is 1. The van der Waals surface area contributed by atoms with E-state index in [2.05, 4.69) is 5.32 Å². The third-order valence-electron chi connectivity index (χ3n) is 4.48. The number of hydrogen-bond acceptors (Lipinski definition) is 4. The smallest absolute Gasteiger partial charge is 0.229 e. The lowest BCUT2D eigenvalue weighted by atomic mass is 10.0. The molecule has 0 radical (unpaired) electrons. The summed E-state index contributed by atoms with van der Waals surface area (Å²) in [5, 5.41) is 4.90. The fourth-order valence-corrected chi connectivity index (χ4v) is 3.84. The number of anilines is 1. The minimum atomic E-state index is -0.0680. The molecule has 4 rings (SSSR count). The van der Waals surface area contributed by atoms with Crippen molar-refractivity contribution in [1.29, 1.82) is 0 Å². The van der Waals surface area contributed by atoms with Gasteiger partial charge in [-0.3, -0.25) is 9.59 Å². The first-order chi connectivity index (χ1) is 13.7. The molecule has 3 aromatic rings. The molecular weight excluding hydrogens is 370 g/mol. The Labute approximate surface area is 167 Å². The maximum Gasteiger partial charge on any atom is 0.229 e. The molecule has 0 saturated heterocycles. The molecule has 28 heavy (non-hydrogen) atoms. The van der Waals surface area contributed by atoms with E-state index in [-0.39, 0.29) is 11.7 Å². The summed E-state index contributed by atoms with van der Waals surface area (Å²) < 4.78 is 6.01. The third kappa shape index (κ3) is 4.38. The SMILES string of the molecule is O=C1C=C(Oc2ccccc2)c2cc(NC(=O)Cc3cccs3)ccc2CC1. The van der Waals surface area contributed by atoms with Crippen LogP contribution in [0.2, 0.25) is 0 Å². The Morgan fingerprint density at radius 2 is 1.89 bits per heavy atom. The zero-order chi connectivity index (χ0) is 19.3. The van der Waals surface area contributed by atoms with E-state index in [1.807, 2.05) is 66.0 Å². The molecule has 1 aliphatic rings. The number of ether oxygens (including phenoxy) is 1. The molecule has 5 heteroatoms. The van der Waals surface area contributed by atoms with Crippen LogP contribution in [-0.2, 0) is 22.4 Å². The van der Waals surface area contributed by atoms with Crippen molar-refractivity contribution in [3.8, 4) is 5.75 Å². The van der Waals surface area contributed by atoms with E-state index in [0.29, 0.717) is 36.5 Å². The Morgan fingerprint density at radius 3 is 2.68 bits per heavy atom. The highest BCUT2D eigenvalue weighted by atomic mass is 32.1. The van der Waals surface area contributed by atoms with Gasteiger partial charge in [0.05, 0.1) is 6.42 Å². The van der Waals surface area contributed by atoms with E-state index in [0.717, 1.165) is 16.0 Å². The first kappa shape index (κ1) is 18.2. The molecule has 0 saturated carbocycles. The predicted octanol–water partition coefficient (Wildman–Crippen LogP) is 4.86. The van der Waals surface area contributed by atoms with Gasteiger partial charge in [0, 0.05) is 28.6 Å². The number of amides is 1. The number of thiophene rings is 1. The summed E-state index contributed by atoms with van der Waals surface area (Å²) in [6.07, 6.45) is 2.99. The maximum absolute atomic E-state index is 12.3. The molecule has 0 fully saturated rings. The van der Waals surface area contributed by atoms with E-state index in [9.17, 15) is 9.59 Å². The Kier molecular flexibility index (Phi) is 5.35. The second-order valence-corrected chi connectivity index (χ2v) is 7.60. The van der Waals surface area contributed by atoms with Crippen molar-refractivity contribution in [2.75, 3.05) is 5.32 Å². The molecule has 1 aromatic heterocycles. The topological polar surface area (TPSA) is 55.4 Å². The van der Waals surface area contributed by atoms with Gasteiger partial charge >= 0.3 is 0 Å². The molecule has 1 heterocycles. The van der Waals surface area contributed by atoms with Gasteiger partial charge in [0.1, 0.15) is 11.5 Å². The molecular formula is C23H19NO3S.